The van der Waals surface area contributed by atoms with E-state index in [1.807, 2.05) is 0 Å². The van der Waals surface area contributed by atoms with E-state index >= 15 is 0 Å². The number of benzene rings is 1. The lowest BCUT2D eigenvalue weighted by Crippen LogP contribution is -2.01. The number of nitrogens with zero attached hydrogens (tertiary/aromatic N) is 2. The Labute approximate surface area is 150 Å². The summed E-state index contributed by atoms with van der Waals surface area (Å²) in [6, 6.07) is 2.50. The van der Waals surface area contributed by atoms with Crippen molar-refractivity contribution in [3.63, 3.8) is 0 Å². The number of nitro groups is 2. The van der Waals surface area contributed by atoms with Crippen LogP contribution in [0.2, 0.25) is 0 Å². The van der Waals surface area contributed by atoms with Gasteiger partial charge >= 0.3 is 0 Å². The topological polar surface area (TPSA) is 105 Å². The van der Waals surface area contributed by atoms with E-state index in [0.29, 0.717) is 24.3 Å². The van der Waals surface area contributed by atoms with Crippen LogP contribution in [-0.4, -0.2) is 35.3 Å². The van der Waals surface area contributed by atoms with Crippen LogP contribution in [-0.2, 0) is 9.47 Å². The van der Waals surface area contributed by atoms with Crippen LogP contribution >= 0.6 is 0 Å². The molecule has 8 heteroatoms. The molecule has 0 bridgehead atoms. The summed E-state index contributed by atoms with van der Waals surface area (Å²) in [5.74, 6) is 0. The second-order valence-corrected chi connectivity index (χ2v) is 6.31. The summed E-state index contributed by atoms with van der Waals surface area (Å²) in [5.41, 5.74) is 0.0617. The van der Waals surface area contributed by atoms with Gasteiger partial charge in [-0.05, 0) is 43.9 Å². The second kappa shape index (κ2) is 8.20. The van der Waals surface area contributed by atoms with Crippen molar-refractivity contribution in [2.75, 3.05) is 13.2 Å². The molecular weight excluding hydrogens is 340 g/mol. The summed E-state index contributed by atoms with van der Waals surface area (Å²) in [5, 5.41) is 22.7. The van der Waals surface area contributed by atoms with Crippen molar-refractivity contribution >= 4 is 23.5 Å². The lowest BCUT2D eigenvalue weighted by atomic mass is 10.0. The van der Waals surface area contributed by atoms with Crippen molar-refractivity contribution in [1.82, 2.24) is 0 Å². The average molecular weight is 360 g/mol. The van der Waals surface area contributed by atoms with E-state index in [-0.39, 0.29) is 23.6 Å². The summed E-state index contributed by atoms with van der Waals surface area (Å²) >= 11 is 0. The highest BCUT2D eigenvalue weighted by Gasteiger charge is 2.23. The minimum atomic E-state index is -0.601. The van der Waals surface area contributed by atoms with Gasteiger partial charge in [0.05, 0.1) is 39.2 Å². The van der Waals surface area contributed by atoms with Gasteiger partial charge in [0.2, 0.25) is 0 Å². The number of nitro benzene ring substituents is 2. The average Bonchev–Trinajstić information content (AvgIpc) is 3.31. The third-order valence-corrected chi connectivity index (χ3v) is 4.48. The molecule has 0 aliphatic carbocycles. The third-order valence-electron chi connectivity index (χ3n) is 4.48. The Morgan fingerprint density at radius 2 is 1.31 bits per heavy atom. The summed E-state index contributed by atoms with van der Waals surface area (Å²) in [6.07, 6.45) is 10.3. The SMILES string of the molecule is O=[N+]([O-])c1cc([N+](=O)[O-])c(C=CC2CCCO2)cc1C=CC1CCCO1. The Balaban J connectivity index is 1.96. The van der Waals surface area contributed by atoms with Crippen LogP contribution in [0.3, 0.4) is 0 Å². The predicted molar refractivity (Wildman–Crippen MR) is 95.8 cm³/mol. The smallest absolute Gasteiger partial charge is 0.283 e. The van der Waals surface area contributed by atoms with E-state index in [9.17, 15) is 20.2 Å². The first-order chi connectivity index (χ1) is 12.5. The van der Waals surface area contributed by atoms with Gasteiger partial charge in [-0.3, -0.25) is 20.2 Å². The van der Waals surface area contributed by atoms with E-state index in [4.69, 9.17) is 9.47 Å². The number of ether oxygens (including phenoxy) is 2. The zero-order chi connectivity index (χ0) is 18.5. The number of rotatable bonds is 6. The molecule has 2 saturated heterocycles. The molecule has 2 fully saturated rings. The molecule has 2 aliphatic heterocycles. The van der Waals surface area contributed by atoms with E-state index in [1.54, 1.807) is 24.3 Å². The Hall–Kier alpha value is -2.58. The minimum Gasteiger partial charge on any atom is -0.374 e. The van der Waals surface area contributed by atoms with Crippen molar-refractivity contribution < 1.29 is 19.3 Å². The van der Waals surface area contributed by atoms with Gasteiger partial charge in [0, 0.05) is 13.2 Å². The van der Waals surface area contributed by atoms with Crippen molar-refractivity contribution in [3.8, 4) is 0 Å². The van der Waals surface area contributed by atoms with Gasteiger partial charge in [0.15, 0.2) is 0 Å². The largest absolute Gasteiger partial charge is 0.374 e. The molecule has 0 spiro atoms. The van der Waals surface area contributed by atoms with E-state index in [2.05, 4.69) is 0 Å². The first-order valence-electron chi connectivity index (χ1n) is 8.61. The molecule has 8 nitrogen and oxygen atoms in total. The summed E-state index contributed by atoms with van der Waals surface area (Å²) in [6.45, 7) is 1.35. The first-order valence-corrected chi connectivity index (χ1v) is 8.61. The molecule has 3 rings (SSSR count). The molecule has 0 radical (unpaired) electrons. The van der Waals surface area contributed by atoms with Gasteiger partial charge < -0.3 is 9.47 Å². The van der Waals surface area contributed by atoms with Crippen molar-refractivity contribution in [1.29, 1.82) is 0 Å². The van der Waals surface area contributed by atoms with Crippen LogP contribution in [0.4, 0.5) is 11.4 Å². The molecule has 0 saturated carbocycles. The van der Waals surface area contributed by atoms with Crippen LogP contribution in [0.1, 0.15) is 36.8 Å². The standard InChI is InChI=1S/C18H20N2O6/c21-19(22)17-12-18(20(23)24)14(6-8-16-4-2-10-26-16)11-13(17)5-7-15-3-1-9-25-15/h5-8,11-12,15-16H,1-4,9-10H2. The van der Waals surface area contributed by atoms with Gasteiger partial charge in [0.25, 0.3) is 11.4 Å². The molecule has 0 amide bonds. The highest BCUT2D eigenvalue weighted by atomic mass is 16.6. The fraction of sp³-hybridized carbons (Fsp3) is 0.444. The quantitative estimate of drug-likeness (QED) is 0.563. The third kappa shape index (κ3) is 4.33. The Morgan fingerprint density at radius 1 is 0.846 bits per heavy atom. The zero-order valence-corrected chi connectivity index (χ0v) is 14.2. The lowest BCUT2D eigenvalue weighted by molar-refractivity contribution is -0.394. The zero-order valence-electron chi connectivity index (χ0n) is 14.2. The maximum absolute atomic E-state index is 11.4. The molecule has 2 aliphatic rings. The molecule has 2 unspecified atom stereocenters. The van der Waals surface area contributed by atoms with E-state index < -0.39 is 9.85 Å². The van der Waals surface area contributed by atoms with Gasteiger partial charge in [0.1, 0.15) is 0 Å². The van der Waals surface area contributed by atoms with Crippen LogP contribution in [0.5, 0.6) is 0 Å². The van der Waals surface area contributed by atoms with Gasteiger partial charge in [-0.1, -0.05) is 12.2 Å². The summed E-state index contributed by atoms with van der Waals surface area (Å²) < 4.78 is 11.0. The van der Waals surface area contributed by atoms with Gasteiger partial charge in [-0.2, -0.15) is 0 Å². The van der Waals surface area contributed by atoms with E-state index in [1.165, 1.54) is 6.07 Å². The molecule has 0 N–H and O–H groups in total. The Kier molecular flexibility index (Phi) is 5.75. The molecule has 2 heterocycles. The Morgan fingerprint density at radius 3 is 1.65 bits per heavy atom. The van der Waals surface area contributed by atoms with Crippen LogP contribution in [0.25, 0.3) is 12.2 Å². The van der Waals surface area contributed by atoms with Crippen LogP contribution in [0.15, 0.2) is 24.3 Å². The highest BCUT2D eigenvalue weighted by molar-refractivity contribution is 5.73. The molecule has 0 aromatic heterocycles. The fourth-order valence-corrected chi connectivity index (χ4v) is 3.13. The normalized spacial score (nSPS) is 23.2. The maximum Gasteiger partial charge on any atom is 0.283 e. The van der Waals surface area contributed by atoms with Crippen molar-refractivity contribution in [2.24, 2.45) is 0 Å². The van der Waals surface area contributed by atoms with Crippen LogP contribution < -0.4 is 0 Å². The van der Waals surface area contributed by atoms with Crippen LogP contribution in [0, 0.1) is 20.2 Å². The molecule has 26 heavy (non-hydrogen) atoms. The van der Waals surface area contributed by atoms with Gasteiger partial charge in [-0.25, -0.2) is 0 Å². The summed E-state index contributed by atoms with van der Waals surface area (Å²) in [7, 11) is 0. The first kappa shape index (κ1) is 18.2. The lowest BCUT2D eigenvalue weighted by Gasteiger charge is -2.06. The summed E-state index contributed by atoms with van der Waals surface area (Å²) in [4.78, 5) is 21.5. The fourth-order valence-electron chi connectivity index (χ4n) is 3.13. The Bertz CT molecular complexity index is 687. The molecule has 138 valence electrons. The van der Waals surface area contributed by atoms with Gasteiger partial charge in [-0.15, -0.1) is 0 Å². The molecule has 1 aromatic rings. The molecule has 1 aromatic carbocycles. The monoisotopic (exact) mass is 360 g/mol. The van der Waals surface area contributed by atoms with Crippen molar-refractivity contribution in [3.05, 3.63) is 55.6 Å². The second-order valence-electron chi connectivity index (χ2n) is 6.31. The minimum absolute atomic E-state index is 0.0734. The predicted octanol–water partition coefficient (Wildman–Crippen LogP) is 3.89. The van der Waals surface area contributed by atoms with E-state index in [0.717, 1.165) is 31.7 Å². The number of hydrogen-bond acceptors (Lipinski definition) is 6. The number of hydrogen-bond donors (Lipinski definition) is 0. The maximum atomic E-state index is 11.4. The van der Waals surface area contributed by atoms with Crippen molar-refractivity contribution in [2.45, 2.75) is 37.9 Å². The highest BCUT2D eigenvalue weighted by Crippen LogP contribution is 2.32. The molecular formula is C18H20N2O6. The molecule has 2 atom stereocenters.